The average molecular weight is 241 g/mol. The van der Waals surface area contributed by atoms with Gasteiger partial charge in [0, 0.05) is 24.0 Å². The molecule has 1 aromatic rings. The fraction of sp³-hybridized carbons (Fsp3) is 0.643. The second-order valence-electron chi connectivity index (χ2n) is 6.40. The number of piperidine rings is 3. The van der Waals surface area contributed by atoms with E-state index in [1.165, 1.54) is 19.4 Å². The third-order valence-electron chi connectivity index (χ3n) is 4.93. The van der Waals surface area contributed by atoms with Gasteiger partial charge in [-0.1, -0.05) is 0 Å². The summed E-state index contributed by atoms with van der Waals surface area (Å²) in [5.74, 6) is 3.03. The van der Waals surface area contributed by atoms with Crippen LogP contribution in [0.1, 0.15) is 12.8 Å². The highest BCUT2D eigenvalue weighted by molar-refractivity contribution is 5.97. The minimum absolute atomic E-state index is 0.362. The molecule has 18 heavy (non-hydrogen) atoms. The number of nitrogens with zero attached hydrogens (tertiary/aromatic N) is 2. The van der Waals surface area contributed by atoms with E-state index in [1.54, 1.807) is 6.20 Å². The van der Waals surface area contributed by atoms with Crippen LogP contribution in [0.2, 0.25) is 0 Å². The van der Waals surface area contributed by atoms with Gasteiger partial charge in [0.15, 0.2) is 0 Å². The smallest absolute Gasteiger partial charge is 0.481 e. The maximum Gasteiger partial charge on any atom is 0.481 e. The van der Waals surface area contributed by atoms with Crippen LogP contribution in [0.4, 0.5) is 0 Å². The van der Waals surface area contributed by atoms with Gasteiger partial charge in [-0.2, -0.15) is 0 Å². The molecule has 3 saturated heterocycles. The number of aromatic nitrogens is 1. The topological polar surface area (TPSA) is 22.1 Å². The molecule has 3 nitrogen and oxygen atoms in total. The molecule has 4 heteroatoms. The van der Waals surface area contributed by atoms with Crippen molar-refractivity contribution >= 4 is 7.98 Å². The average Bonchev–Trinajstić information content (AvgIpc) is 2.33. The van der Waals surface area contributed by atoms with Crippen molar-refractivity contribution < 1.29 is 9.13 Å². The van der Waals surface area contributed by atoms with Crippen molar-refractivity contribution in [3.8, 4) is 5.75 Å². The van der Waals surface area contributed by atoms with Gasteiger partial charge in [0.05, 0.1) is 25.8 Å². The van der Waals surface area contributed by atoms with E-state index < -0.39 is 0 Å². The van der Waals surface area contributed by atoms with Gasteiger partial charge in [-0.05, 0) is 25.0 Å². The number of hydrogen-bond donors (Lipinski definition) is 0. The molecular formula is C14H18BN2O+. The standard InChI is InChI=1S/C14H18BN2O/c15-17-7-10-4-11(8-17)14(12(5-10)9-17)18-13-2-1-3-16-6-13/h1-3,6,10-12,14H,4-5,7-9H2/q+1. The molecule has 4 fully saturated rings. The molecule has 1 saturated carbocycles. The van der Waals surface area contributed by atoms with E-state index >= 15 is 0 Å². The Balaban J connectivity index is 1.57. The maximum atomic E-state index is 6.45. The molecule has 5 rings (SSSR count). The Bertz CT molecular complexity index is 436. The number of ether oxygens (including phenoxy) is 1. The van der Waals surface area contributed by atoms with Crippen LogP contribution in [0.3, 0.4) is 0 Å². The zero-order valence-electron chi connectivity index (χ0n) is 10.5. The van der Waals surface area contributed by atoms with Crippen molar-refractivity contribution in [2.24, 2.45) is 17.8 Å². The van der Waals surface area contributed by atoms with Crippen molar-refractivity contribution in [1.82, 2.24) is 4.98 Å². The van der Waals surface area contributed by atoms with Crippen LogP contribution in [-0.4, -0.2) is 43.1 Å². The fourth-order valence-electron chi connectivity index (χ4n) is 4.55. The molecule has 0 amide bonds. The minimum Gasteiger partial charge on any atom is -0.488 e. The summed E-state index contributed by atoms with van der Waals surface area (Å²) in [4.78, 5) is 4.13. The highest BCUT2D eigenvalue weighted by atomic mass is 16.5. The predicted molar refractivity (Wildman–Crippen MR) is 69.0 cm³/mol. The van der Waals surface area contributed by atoms with E-state index in [4.69, 9.17) is 12.7 Å². The lowest BCUT2D eigenvalue weighted by molar-refractivity contribution is -0.852. The summed E-state index contributed by atoms with van der Waals surface area (Å²) in [6, 6.07) is 3.94. The molecule has 2 atom stereocenters. The van der Waals surface area contributed by atoms with E-state index in [1.807, 2.05) is 18.3 Å². The Hall–Kier alpha value is -1.03. The van der Waals surface area contributed by atoms with Gasteiger partial charge in [-0.15, -0.1) is 0 Å². The molecular weight excluding hydrogens is 223 g/mol. The van der Waals surface area contributed by atoms with Gasteiger partial charge in [0.25, 0.3) is 0 Å². The monoisotopic (exact) mass is 241 g/mol. The number of pyridine rings is 1. The third-order valence-corrected chi connectivity index (χ3v) is 4.93. The zero-order valence-corrected chi connectivity index (χ0v) is 10.5. The van der Waals surface area contributed by atoms with Crippen LogP contribution >= 0.6 is 0 Å². The number of quaternary nitrogens is 1. The highest BCUT2D eigenvalue weighted by Gasteiger charge is 2.55. The van der Waals surface area contributed by atoms with Crippen molar-refractivity contribution in [2.75, 3.05) is 19.6 Å². The summed E-state index contributed by atoms with van der Waals surface area (Å²) in [5, 5.41) is 0. The molecule has 0 spiro atoms. The lowest BCUT2D eigenvalue weighted by atomic mass is 9.63. The molecule has 0 aromatic carbocycles. The summed E-state index contributed by atoms with van der Waals surface area (Å²) < 4.78 is 7.01. The van der Waals surface area contributed by atoms with Crippen molar-refractivity contribution in [3.05, 3.63) is 24.5 Å². The largest absolute Gasteiger partial charge is 0.488 e. The molecule has 4 aliphatic rings. The van der Waals surface area contributed by atoms with Crippen LogP contribution in [0.25, 0.3) is 0 Å². The molecule has 1 aromatic heterocycles. The molecule has 0 N–H and O–H groups in total. The maximum absolute atomic E-state index is 6.45. The molecule has 4 bridgehead atoms. The van der Waals surface area contributed by atoms with Crippen LogP contribution in [-0.2, 0) is 0 Å². The first kappa shape index (κ1) is 10.9. The lowest BCUT2D eigenvalue weighted by Gasteiger charge is -2.59. The Morgan fingerprint density at radius 1 is 1.22 bits per heavy atom. The lowest BCUT2D eigenvalue weighted by Crippen LogP contribution is -2.70. The van der Waals surface area contributed by atoms with Crippen LogP contribution in [0.15, 0.2) is 24.5 Å². The first-order valence-electron chi connectivity index (χ1n) is 6.93. The van der Waals surface area contributed by atoms with Crippen molar-refractivity contribution in [3.63, 3.8) is 0 Å². The van der Waals surface area contributed by atoms with Gasteiger partial charge in [-0.25, -0.2) is 0 Å². The van der Waals surface area contributed by atoms with Crippen molar-refractivity contribution in [1.29, 1.82) is 0 Å². The van der Waals surface area contributed by atoms with Gasteiger partial charge in [-0.3, -0.25) is 4.98 Å². The third kappa shape index (κ3) is 1.66. The van der Waals surface area contributed by atoms with Crippen LogP contribution in [0, 0.1) is 17.8 Å². The predicted octanol–water partition coefficient (Wildman–Crippen LogP) is 1.40. The molecule has 4 heterocycles. The Labute approximate surface area is 109 Å². The first-order valence-corrected chi connectivity index (χ1v) is 6.93. The fourth-order valence-corrected chi connectivity index (χ4v) is 4.55. The molecule has 3 aliphatic heterocycles. The van der Waals surface area contributed by atoms with Gasteiger partial charge >= 0.3 is 7.98 Å². The van der Waals surface area contributed by atoms with Gasteiger partial charge in [0.1, 0.15) is 11.9 Å². The number of hydrogen-bond acceptors (Lipinski definition) is 2. The summed E-state index contributed by atoms with van der Waals surface area (Å²) in [6.07, 6.45) is 6.57. The Kier molecular flexibility index (Phi) is 2.25. The quantitative estimate of drug-likeness (QED) is 0.730. The zero-order chi connectivity index (χ0) is 12.2. The van der Waals surface area contributed by atoms with Crippen LogP contribution < -0.4 is 4.74 Å². The van der Waals surface area contributed by atoms with Crippen LogP contribution in [0.5, 0.6) is 5.75 Å². The number of rotatable bonds is 2. The Morgan fingerprint density at radius 3 is 2.61 bits per heavy atom. The molecule has 1 aliphatic carbocycles. The summed E-state index contributed by atoms with van der Waals surface area (Å²) in [5.41, 5.74) is 0. The first-order chi connectivity index (χ1) is 8.72. The van der Waals surface area contributed by atoms with E-state index in [-0.39, 0.29) is 0 Å². The minimum atomic E-state index is 0.362. The summed E-state index contributed by atoms with van der Waals surface area (Å²) in [7, 11) is 6.45. The van der Waals surface area contributed by atoms with E-state index in [0.717, 1.165) is 29.2 Å². The summed E-state index contributed by atoms with van der Waals surface area (Å²) in [6.45, 7) is 3.38. The SMILES string of the molecule is [B][N+]12CC3CC(C1)C(Oc1cccnc1)C(C3)C2. The van der Waals surface area contributed by atoms with E-state index in [9.17, 15) is 0 Å². The van der Waals surface area contributed by atoms with Gasteiger partial charge < -0.3 is 9.13 Å². The molecule has 92 valence electrons. The van der Waals surface area contributed by atoms with Crippen molar-refractivity contribution in [2.45, 2.75) is 18.9 Å². The molecule has 2 unspecified atom stereocenters. The van der Waals surface area contributed by atoms with E-state index in [2.05, 4.69) is 4.98 Å². The second kappa shape index (κ2) is 3.73. The second-order valence-corrected chi connectivity index (χ2v) is 6.40. The van der Waals surface area contributed by atoms with E-state index in [0.29, 0.717) is 17.9 Å². The van der Waals surface area contributed by atoms with Gasteiger partial charge in [0.2, 0.25) is 0 Å². The Morgan fingerprint density at radius 2 is 2.00 bits per heavy atom. The molecule has 2 radical (unpaired) electrons. The summed E-state index contributed by atoms with van der Waals surface area (Å²) >= 11 is 0. The normalized spacial score (nSPS) is 45.1. The highest BCUT2D eigenvalue weighted by Crippen LogP contribution is 2.47.